The maximum atomic E-state index is 13.3. The van der Waals surface area contributed by atoms with E-state index in [1.165, 1.54) is 9.80 Å². The van der Waals surface area contributed by atoms with Gasteiger partial charge in [0, 0.05) is 26.9 Å². The van der Waals surface area contributed by atoms with Crippen molar-refractivity contribution in [1.82, 2.24) is 25.1 Å². The molecule has 5 N–H and O–H groups in total. The Labute approximate surface area is 333 Å². The van der Waals surface area contributed by atoms with Crippen molar-refractivity contribution in [3.8, 4) is 23.6 Å². The van der Waals surface area contributed by atoms with Crippen LogP contribution in [0.2, 0.25) is 5.15 Å². The van der Waals surface area contributed by atoms with Crippen molar-refractivity contribution in [3.63, 3.8) is 0 Å². The van der Waals surface area contributed by atoms with Gasteiger partial charge in [0.2, 0.25) is 0 Å². The number of hydrogen-bond acceptors (Lipinski definition) is 11. The highest BCUT2D eigenvalue weighted by Gasteiger charge is 2.35. The fraction of sp³-hybridized carbons (Fsp3) is 0.447. The molecule has 0 bridgehead atoms. The molecule has 2 aromatic carbocycles. The van der Waals surface area contributed by atoms with Gasteiger partial charge in [-0.15, -0.1) is 0 Å². The Morgan fingerprint density at radius 1 is 0.855 bits per heavy atom. The molecule has 1 fully saturated rings. The quantitative estimate of drug-likeness (QED) is 0.115. The number of nitrogens with zero attached hydrogens (tertiary/aromatic N) is 7. The van der Waals surface area contributed by atoms with E-state index < -0.39 is 5.91 Å². The van der Waals surface area contributed by atoms with Crippen molar-refractivity contribution in [2.24, 2.45) is 0 Å². The Kier molecular flexibility index (Phi) is 17.2. The fourth-order valence-corrected chi connectivity index (χ4v) is 6.59. The van der Waals surface area contributed by atoms with Gasteiger partial charge in [-0.05, 0) is 61.1 Å². The van der Waals surface area contributed by atoms with Gasteiger partial charge in [-0.25, -0.2) is 9.97 Å². The zero-order valence-corrected chi connectivity index (χ0v) is 32.7. The molecule has 1 atom stereocenters. The molecule has 0 spiro atoms. The van der Waals surface area contributed by atoms with Crippen LogP contribution < -0.4 is 38.7 Å². The molecule has 294 valence electrons. The summed E-state index contributed by atoms with van der Waals surface area (Å²) in [6.07, 6.45) is 5.25. The lowest BCUT2D eigenvalue weighted by Gasteiger charge is -2.45. The molecule has 2 heterocycles. The predicted molar refractivity (Wildman–Crippen MR) is 203 cm³/mol. The van der Waals surface area contributed by atoms with Crippen LogP contribution in [0, 0.1) is 22.7 Å². The van der Waals surface area contributed by atoms with Crippen LogP contribution in [0.4, 0.5) is 11.6 Å². The second-order valence-corrected chi connectivity index (χ2v) is 13.9. The number of nitrogen functional groups attached to an aromatic ring is 2. The third kappa shape index (κ3) is 13.5. The number of carbonyl (C=O) groups is 3. The molecule has 17 heteroatoms. The number of halogens is 2. The van der Waals surface area contributed by atoms with E-state index in [9.17, 15) is 14.4 Å². The van der Waals surface area contributed by atoms with Crippen LogP contribution in [-0.2, 0) is 22.4 Å². The second kappa shape index (κ2) is 21.5. The Balaban J connectivity index is 0.00000812. The number of nitrogens with one attached hydrogen (secondary N) is 1. The fourth-order valence-electron chi connectivity index (χ4n) is 6.46. The molecule has 0 unspecified atom stereocenters. The van der Waals surface area contributed by atoms with E-state index >= 15 is 0 Å². The minimum Gasteiger partial charge on any atom is -1.00 e. The summed E-state index contributed by atoms with van der Waals surface area (Å²) in [7, 11) is 3.12. The largest absolute Gasteiger partial charge is 1.00 e. The number of anilines is 2. The maximum Gasteiger partial charge on any atom is 0.274 e. The SMILES string of the molecule is CN(CC#N)C(=O)COc1ccc(CCC[N+]2(CCCc3ccc(OCC(=O)N(C)CC#N)cc3)CCC[C@H](NC(=O)c3nc(Cl)c(N)nc3N)C2)cc1.[Cl-]. The van der Waals surface area contributed by atoms with Crippen molar-refractivity contribution in [3.05, 3.63) is 70.5 Å². The van der Waals surface area contributed by atoms with E-state index in [4.69, 9.17) is 43.1 Å². The Morgan fingerprint density at radius 3 is 1.82 bits per heavy atom. The van der Waals surface area contributed by atoms with Crippen LogP contribution in [-0.4, -0.2) is 115 Å². The van der Waals surface area contributed by atoms with Crippen molar-refractivity contribution in [2.75, 3.05) is 78.0 Å². The van der Waals surface area contributed by atoms with E-state index in [0.717, 1.165) is 80.3 Å². The molecule has 55 heavy (non-hydrogen) atoms. The topological polar surface area (TPSA) is 214 Å². The van der Waals surface area contributed by atoms with Gasteiger partial charge >= 0.3 is 0 Å². The van der Waals surface area contributed by atoms with Crippen molar-refractivity contribution >= 4 is 41.0 Å². The lowest BCUT2D eigenvalue weighted by atomic mass is 9.99. The third-order valence-electron chi connectivity index (χ3n) is 9.48. The van der Waals surface area contributed by atoms with Crippen LogP contribution >= 0.6 is 11.6 Å². The number of nitrogens with two attached hydrogens (primary N) is 2. The summed E-state index contributed by atoms with van der Waals surface area (Å²) in [5.41, 5.74) is 13.9. The molecule has 1 aromatic heterocycles. The number of aryl methyl sites for hydroxylation is 2. The van der Waals surface area contributed by atoms with Crippen LogP contribution in [0.15, 0.2) is 48.5 Å². The summed E-state index contributed by atoms with van der Waals surface area (Å²) in [6, 6.07) is 19.2. The molecule has 3 aromatic rings. The van der Waals surface area contributed by atoms with E-state index in [0.29, 0.717) is 11.5 Å². The summed E-state index contributed by atoms with van der Waals surface area (Å²) >= 11 is 6.05. The number of piperidine rings is 1. The van der Waals surface area contributed by atoms with E-state index in [1.54, 1.807) is 14.1 Å². The van der Waals surface area contributed by atoms with Gasteiger partial charge in [0.25, 0.3) is 17.7 Å². The zero-order chi connectivity index (χ0) is 39.1. The molecule has 1 aliphatic heterocycles. The smallest absolute Gasteiger partial charge is 0.274 e. The number of hydrogen-bond donors (Lipinski definition) is 3. The minimum absolute atomic E-state index is 0. The van der Waals surface area contributed by atoms with Crippen LogP contribution in [0.3, 0.4) is 0 Å². The molecule has 15 nitrogen and oxygen atoms in total. The Morgan fingerprint density at radius 2 is 1.35 bits per heavy atom. The molecule has 3 amide bonds. The number of quaternary nitrogens is 1. The highest BCUT2D eigenvalue weighted by atomic mass is 35.5. The average Bonchev–Trinajstić information content (AvgIpc) is 3.15. The first kappa shape index (κ1) is 44.0. The number of carbonyl (C=O) groups excluding carboxylic acids is 3. The van der Waals surface area contributed by atoms with Crippen molar-refractivity contribution < 1.29 is 40.7 Å². The Bertz CT molecular complexity index is 1750. The number of rotatable bonds is 18. The number of aromatic nitrogens is 2. The molecule has 0 aliphatic carbocycles. The standard InChI is InChI=1S/C38H47ClN10O5.ClH/c1-47(19-17-40)32(50)25-53-30-13-9-27(10-14-30)6-3-21-49(22-4-7-28-11-15-31(16-12-28)54-26-33(51)48(2)20-18-41)23-5-8-29(24-49)44-38(52)34-36(42)46-37(43)35(39)45-34;/h9-16,29H,3-8,19-26H2,1-2H3,(H4-,42,43,44,46,52);1H/t29-;/m0./s1. The first-order chi connectivity index (χ1) is 25.9. The first-order valence-electron chi connectivity index (χ1n) is 17.8. The van der Waals surface area contributed by atoms with E-state index in [-0.39, 0.29) is 79.0 Å². The van der Waals surface area contributed by atoms with Gasteiger partial charge in [-0.1, -0.05) is 35.9 Å². The number of ether oxygens (including phenoxy) is 2. The Hall–Kier alpha value is -5.35. The molecular weight excluding hydrogens is 747 g/mol. The number of likely N-dealkylation sites (tertiary alicyclic amines) is 1. The molecule has 4 rings (SSSR count). The van der Waals surface area contributed by atoms with Crippen molar-refractivity contribution in [2.45, 2.75) is 44.6 Å². The van der Waals surface area contributed by atoms with E-state index in [1.807, 2.05) is 60.7 Å². The molecule has 1 aliphatic rings. The molecule has 0 saturated carbocycles. The second-order valence-electron chi connectivity index (χ2n) is 13.5. The normalized spacial score (nSPS) is 14.3. The molecule has 1 saturated heterocycles. The van der Waals surface area contributed by atoms with E-state index in [2.05, 4.69) is 15.3 Å². The number of amides is 3. The van der Waals surface area contributed by atoms with Gasteiger partial charge < -0.3 is 52.9 Å². The van der Waals surface area contributed by atoms with Gasteiger partial charge in [-0.2, -0.15) is 10.5 Å². The van der Waals surface area contributed by atoms with Crippen LogP contribution in [0.5, 0.6) is 11.5 Å². The number of likely N-dealkylation sites (N-methyl/N-ethyl adjacent to an activating group) is 2. The lowest BCUT2D eigenvalue weighted by Crippen LogP contribution is -3.00. The van der Waals surface area contributed by atoms with Gasteiger partial charge in [-0.3, -0.25) is 14.4 Å². The summed E-state index contributed by atoms with van der Waals surface area (Å²) in [5, 5.41) is 20.6. The highest BCUT2D eigenvalue weighted by Crippen LogP contribution is 2.25. The van der Waals surface area contributed by atoms with Gasteiger partial charge in [0.05, 0.1) is 44.4 Å². The summed E-state index contributed by atoms with van der Waals surface area (Å²) in [5.74, 6) is 0.0849. The first-order valence-corrected chi connectivity index (χ1v) is 18.2. The van der Waals surface area contributed by atoms with Crippen LogP contribution in [0.1, 0.15) is 47.3 Å². The predicted octanol–water partition coefficient (Wildman–Crippen LogP) is -0.00544. The summed E-state index contributed by atoms with van der Waals surface area (Å²) < 4.78 is 12.1. The lowest BCUT2D eigenvalue weighted by molar-refractivity contribution is -0.933. The third-order valence-corrected chi connectivity index (χ3v) is 9.76. The summed E-state index contributed by atoms with van der Waals surface area (Å²) in [6.45, 7) is 3.26. The zero-order valence-electron chi connectivity index (χ0n) is 31.2. The van der Waals surface area contributed by atoms with Crippen molar-refractivity contribution in [1.29, 1.82) is 10.5 Å². The molecular formula is C38H48Cl2N10O5. The monoisotopic (exact) mass is 794 g/mol. The van der Waals surface area contributed by atoms with Crippen LogP contribution in [0.25, 0.3) is 0 Å². The number of nitriles is 2. The average molecular weight is 796 g/mol. The summed E-state index contributed by atoms with van der Waals surface area (Å²) in [4.78, 5) is 48.2. The maximum absolute atomic E-state index is 13.3. The minimum atomic E-state index is -0.437. The highest BCUT2D eigenvalue weighted by molar-refractivity contribution is 6.31. The number of benzene rings is 2. The molecule has 0 radical (unpaired) electrons. The van der Waals surface area contributed by atoms with Gasteiger partial charge in [0.1, 0.15) is 24.6 Å². The van der Waals surface area contributed by atoms with Gasteiger partial charge in [0.15, 0.2) is 35.7 Å².